The number of rotatable bonds is 3. The highest BCUT2D eigenvalue weighted by atomic mass is 79.9. The first-order chi connectivity index (χ1) is 6.56. The highest BCUT2D eigenvalue weighted by Crippen LogP contribution is 2.28. The van der Waals surface area contributed by atoms with E-state index in [0.29, 0.717) is 5.92 Å². The molecule has 1 rings (SSSR count). The van der Waals surface area contributed by atoms with Crippen molar-refractivity contribution in [1.82, 2.24) is 0 Å². The van der Waals surface area contributed by atoms with E-state index in [0.717, 1.165) is 4.47 Å². The number of hydrogen-bond donors (Lipinski definition) is 1. The average molecular weight is 257 g/mol. The lowest BCUT2D eigenvalue weighted by molar-refractivity contribution is 0.237. The molecule has 0 amide bonds. The molecule has 1 aromatic carbocycles. The monoisotopic (exact) mass is 256 g/mol. The van der Waals surface area contributed by atoms with Gasteiger partial charge in [-0.3, -0.25) is 0 Å². The van der Waals surface area contributed by atoms with Crippen molar-refractivity contribution in [3.8, 4) is 0 Å². The van der Waals surface area contributed by atoms with Gasteiger partial charge in [0.25, 0.3) is 0 Å². The molecule has 0 heterocycles. The second-order valence-corrected chi connectivity index (χ2v) is 4.95. The van der Waals surface area contributed by atoms with Crippen LogP contribution in [0.1, 0.15) is 30.9 Å². The topological polar surface area (TPSA) is 20.2 Å². The molecule has 1 N–H and O–H groups in total. The molecule has 2 heteroatoms. The molecular weight excluding hydrogens is 240 g/mol. The van der Waals surface area contributed by atoms with Gasteiger partial charge in [0.15, 0.2) is 0 Å². The van der Waals surface area contributed by atoms with E-state index in [-0.39, 0.29) is 12.5 Å². The fourth-order valence-corrected chi connectivity index (χ4v) is 2.06. The van der Waals surface area contributed by atoms with Gasteiger partial charge in [-0.2, -0.15) is 0 Å². The van der Waals surface area contributed by atoms with Gasteiger partial charge >= 0.3 is 0 Å². The normalized spacial score (nSPS) is 13.3. The summed E-state index contributed by atoms with van der Waals surface area (Å²) in [6.07, 6.45) is 0. The SMILES string of the molecule is Cc1ccc(Br)cc1C(CO)C(C)C. The molecule has 0 saturated heterocycles. The minimum absolute atomic E-state index is 0.217. The first-order valence-corrected chi connectivity index (χ1v) is 5.72. The number of aliphatic hydroxyl groups is 1. The predicted molar refractivity (Wildman–Crippen MR) is 63.5 cm³/mol. The van der Waals surface area contributed by atoms with Crippen molar-refractivity contribution in [1.29, 1.82) is 0 Å². The first-order valence-electron chi connectivity index (χ1n) is 4.93. The molecular formula is C12H17BrO. The summed E-state index contributed by atoms with van der Waals surface area (Å²) < 4.78 is 1.08. The van der Waals surface area contributed by atoms with Crippen molar-refractivity contribution in [2.45, 2.75) is 26.7 Å². The van der Waals surface area contributed by atoms with Crippen LogP contribution in [-0.4, -0.2) is 11.7 Å². The first kappa shape index (κ1) is 11.7. The zero-order valence-electron chi connectivity index (χ0n) is 8.92. The van der Waals surface area contributed by atoms with E-state index in [9.17, 15) is 5.11 Å². The van der Waals surface area contributed by atoms with Gasteiger partial charge in [-0.15, -0.1) is 0 Å². The predicted octanol–water partition coefficient (Wildman–Crippen LogP) is 3.49. The van der Waals surface area contributed by atoms with E-state index >= 15 is 0 Å². The maximum absolute atomic E-state index is 9.35. The van der Waals surface area contributed by atoms with Gasteiger partial charge in [-0.25, -0.2) is 0 Å². The summed E-state index contributed by atoms with van der Waals surface area (Å²) in [6, 6.07) is 6.23. The van der Waals surface area contributed by atoms with E-state index < -0.39 is 0 Å². The van der Waals surface area contributed by atoms with E-state index in [1.54, 1.807) is 0 Å². The number of aryl methyl sites for hydroxylation is 1. The Morgan fingerprint density at radius 1 is 1.36 bits per heavy atom. The summed E-state index contributed by atoms with van der Waals surface area (Å²) in [5, 5.41) is 9.35. The summed E-state index contributed by atoms with van der Waals surface area (Å²) >= 11 is 3.46. The summed E-state index contributed by atoms with van der Waals surface area (Å²) in [7, 11) is 0. The van der Waals surface area contributed by atoms with Crippen LogP contribution in [0.5, 0.6) is 0 Å². The van der Waals surface area contributed by atoms with Crippen molar-refractivity contribution in [3.63, 3.8) is 0 Å². The number of halogens is 1. The molecule has 0 radical (unpaired) electrons. The third kappa shape index (κ3) is 2.58. The molecule has 0 bridgehead atoms. The van der Waals surface area contributed by atoms with Gasteiger partial charge in [0, 0.05) is 10.4 Å². The molecule has 0 aliphatic rings. The summed E-state index contributed by atoms with van der Waals surface area (Å²) in [5.41, 5.74) is 2.50. The molecule has 1 unspecified atom stereocenters. The van der Waals surface area contributed by atoms with Crippen LogP contribution < -0.4 is 0 Å². The Balaban J connectivity index is 3.08. The summed E-state index contributed by atoms with van der Waals surface area (Å²) in [4.78, 5) is 0. The van der Waals surface area contributed by atoms with Crippen LogP contribution >= 0.6 is 15.9 Å². The largest absolute Gasteiger partial charge is 0.396 e. The summed E-state index contributed by atoms with van der Waals surface area (Å²) in [6.45, 7) is 6.59. The fourth-order valence-electron chi connectivity index (χ4n) is 1.68. The molecule has 1 aromatic rings. The van der Waals surface area contributed by atoms with Crippen LogP contribution in [0.25, 0.3) is 0 Å². The van der Waals surface area contributed by atoms with Crippen molar-refractivity contribution in [3.05, 3.63) is 33.8 Å². The number of aliphatic hydroxyl groups excluding tert-OH is 1. The molecule has 0 fully saturated rings. The second-order valence-electron chi connectivity index (χ2n) is 4.03. The van der Waals surface area contributed by atoms with Crippen LogP contribution in [0.2, 0.25) is 0 Å². The van der Waals surface area contributed by atoms with Gasteiger partial charge in [0.2, 0.25) is 0 Å². The highest BCUT2D eigenvalue weighted by Gasteiger charge is 2.16. The molecule has 0 aromatic heterocycles. The van der Waals surface area contributed by atoms with Gasteiger partial charge in [0.1, 0.15) is 0 Å². The molecule has 14 heavy (non-hydrogen) atoms. The smallest absolute Gasteiger partial charge is 0.0502 e. The van der Waals surface area contributed by atoms with Crippen LogP contribution in [-0.2, 0) is 0 Å². The molecule has 1 nitrogen and oxygen atoms in total. The summed E-state index contributed by atoms with van der Waals surface area (Å²) in [5.74, 6) is 0.709. The van der Waals surface area contributed by atoms with Gasteiger partial charge < -0.3 is 5.11 Å². The van der Waals surface area contributed by atoms with Crippen molar-refractivity contribution in [2.24, 2.45) is 5.92 Å². The maximum atomic E-state index is 9.35. The average Bonchev–Trinajstić information content (AvgIpc) is 2.11. The van der Waals surface area contributed by atoms with E-state index in [4.69, 9.17) is 0 Å². The number of benzene rings is 1. The lowest BCUT2D eigenvalue weighted by Gasteiger charge is -2.21. The zero-order valence-corrected chi connectivity index (χ0v) is 10.5. The van der Waals surface area contributed by atoms with Crippen LogP contribution in [0.3, 0.4) is 0 Å². The van der Waals surface area contributed by atoms with Crippen LogP contribution in [0.4, 0.5) is 0 Å². The molecule has 1 atom stereocenters. The van der Waals surface area contributed by atoms with Gasteiger partial charge in [-0.05, 0) is 36.1 Å². The minimum Gasteiger partial charge on any atom is -0.396 e. The third-order valence-electron chi connectivity index (χ3n) is 2.64. The zero-order chi connectivity index (χ0) is 10.7. The van der Waals surface area contributed by atoms with Crippen LogP contribution in [0, 0.1) is 12.8 Å². The highest BCUT2D eigenvalue weighted by molar-refractivity contribution is 9.10. The van der Waals surface area contributed by atoms with E-state index in [1.807, 2.05) is 6.07 Å². The van der Waals surface area contributed by atoms with Crippen LogP contribution in [0.15, 0.2) is 22.7 Å². The Bertz CT molecular complexity index is 307. The Morgan fingerprint density at radius 2 is 2.00 bits per heavy atom. The number of hydrogen-bond acceptors (Lipinski definition) is 1. The Labute approximate surface area is 94.3 Å². The molecule has 78 valence electrons. The van der Waals surface area contributed by atoms with E-state index in [1.165, 1.54) is 11.1 Å². The quantitative estimate of drug-likeness (QED) is 0.878. The Hall–Kier alpha value is -0.340. The van der Waals surface area contributed by atoms with Crippen molar-refractivity contribution in [2.75, 3.05) is 6.61 Å². The van der Waals surface area contributed by atoms with Gasteiger partial charge in [-0.1, -0.05) is 35.8 Å². The Kier molecular flexibility index (Phi) is 4.14. The standard InChI is InChI=1S/C12H17BrO/c1-8(2)12(7-14)11-6-10(13)5-4-9(11)3/h4-6,8,12,14H,7H2,1-3H3. The maximum Gasteiger partial charge on any atom is 0.0502 e. The van der Waals surface area contributed by atoms with Crippen molar-refractivity contribution < 1.29 is 5.11 Å². The lowest BCUT2D eigenvalue weighted by Crippen LogP contribution is -2.12. The molecule has 0 saturated carbocycles. The minimum atomic E-state index is 0.217. The molecule has 0 aliphatic carbocycles. The Morgan fingerprint density at radius 3 is 2.50 bits per heavy atom. The second kappa shape index (κ2) is 4.94. The van der Waals surface area contributed by atoms with Crippen molar-refractivity contribution >= 4 is 15.9 Å². The third-order valence-corrected chi connectivity index (χ3v) is 3.14. The molecule has 0 aliphatic heterocycles. The van der Waals surface area contributed by atoms with E-state index in [2.05, 4.69) is 48.8 Å². The fraction of sp³-hybridized carbons (Fsp3) is 0.500. The molecule has 0 spiro atoms. The lowest BCUT2D eigenvalue weighted by atomic mass is 9.87. The van der Waals surface area contributed by atoms with Gasteiger partial charge in [0.05, 0.1) is 6.61 Å².